The van der Waals surface area contributed by atoms with E-state index < -0.39 is 11.1 Å². The SMILES string of the molecule is Nc1cc2c(cc1Cl)[nH]c(=O)c(=O)n2C1CCCCC1. The second-order valence-electron chi connectivity index (χ2n) is 5.31. The van der Waals surface area contributed by atoms with Gasteiger partial charge in [0, 0.05) is 6.04 Å². The number of rotatable bonds is 1. The van der Waals surface area contributed by atoms with Crippen LogP contribution in [0.5, 0.6) is 0 Å². The Morgan fingerprint density at radius 2 is 1.90 bits per heavy atom. The van der Waals surface area contributed by atoms with Crippen LogP contribution in [0.15, 0.2) is 21.7 Å². The van der Waals surface area contributed by atoms with E-state index in [1.165, 1.54) is 6.42 Å². The Kier molecular flexibility index (Phi) is 3.30. The minimum atomic E-state index is -0.607. The lowest BCUT2D eigenvalue weighted by atomic mass is 9.95. The number of halogens is 1. The fourth-order valence-electron chi connectivity index (χ4n) is 2.97. The monoisotopic (exact) mass is 293 g/mol. The van der Waals surface area contributed by atoms with E-state index in [4.69, 9.17) is 17.3 Å². The summed E-state index contributed by atoms with van der Waals surface area (Å²) < 4.78 is 1.60. The number of nitrogen functional groups attached to an aromatic ring is 1. The maximum Gasteiger partial charge on any atom is 0.316 e. The topological polar surface area (TPSA) is 80.9 Å². The van der Waals surface area contributed by atoms with Gasteiger partial charge in [-0.25, -0.2) is 0 Å². The van der Waals surface area contributed by atoms with Gasteiger partial charge in [0.25, 0.3) is 0 Å². The molecule has 0 radical (unpaired) electrons. The molecular weight excluding hydrogens is 278 g/mol. The number of H-pyrrole nitrogens is 1. The Morgan fingerprint density at radius 3 is 2.60 bits per heavy atom. The zero-order valence-corrected chi connectivity index (χ0v) is 11.7. The molecule has 1 saturated carbocycles. The number of nitrogens with two attached hydrogens (primary N) is 1. The quantitative estimate of drug-likeness (QED) is 0.626. The van der Waals surface area contributed by atoms with Crippen LogP contribution < -0.4 is 16.9 Å². The van der Waals surface area contributed by atoms with Gasteiger partial charge >= 0.3 is 11.1 Å². The average molecular weight is 294 g/mol. The van der Waals surface area contributed by atoms with Crippen LogP contribution in [0.2, 0.25) is 5.02 Å². The molecule has 0 spiro atoms. The summed E-state index contributed by atoms with van der Waals surface area (Å²) >= 11 is 5.98. The van der Waals surface area contributed by atoms with Crippen LogP contribution >= 0.6 is 11.6 Å². The van der Waals surface area contributed by atoms with E-state index in [0.29, 0.717) is 21.7 Å². The number of benzene rings is 1. The van der Waals surface area contributed by atoms with Crippen LogP contribution in [0.4, 0.5) is 5.69 Å². The van der Waals surface area contributed by atoms with Crippen molar-refractivity contribution in [3.8, 4) is 0 Å². The molecule has 1 aromatic carbocycles. The molecule has 2 aromatic rings. The van der Waals surface area contributed by atoms with Gasteiger partial charge in [0.05, 0.1) is 21.7 Å². The van der Waals surface area contributed by atoms with E-state index in [1.807, 2.05) is 0 Å². The normalized spacial score (nSPS) is 16.6. The highest BCUT2D eigenvalue weighted by Crippen LogP contribution is 2.30. The number of nitrogens with one attached hydrogen (secondary N) is 1. The Hall–Kier alpha value is -1.75. The highest BCUT2D eigenvalue weighted by molar-refractivity contribution is 6.33. The largest absolute Gasteiger partial charge is 0.397 e. The number of fused-ring (bicyclic) bond motifs is 1. The number of nitrogens with zero attached hydrogens (tertiary/aromatic N) is 1. The van der Waals surface area contributed by atoms with E-state index in [0.717, 1.165) is 25.7 Å². The van der Waals surface area contributed by atoms with Crippen molar-refractivity contribution in [2.75, 3.05) is 5.73 Å². The van der Waals surface area contributed by atoms with Gasteiger partial charge in [-0.05, 0) is 25.0 Å². The predicted molar refractivity (Wildman–Crippen MR) is 80.4 cm³/mol. The van der Waals surface area contributed by atoms with Crippen LogP contribution in [0.25, 0.3) is 11.0 Å². The third-order valence-corrected chi connectivity index (χ3v) is 4.30. The molecule has 0 saturated heterocycles. The van der Waals surface area contributed by atoms with E-state index in [1.54, 1.807) is 16.7 Å². The summed E-state index contributed by atoms with van der Waals surface area (Å²) in [6.07, 6.45) is 5.17. The van der Waals surface area contributed by atoms with Gasteiger partial charge in [-0.1, -0.05) is 30.9 Å². The zero-order valence-electron chi connectivity index (χ0n) is 11.0. The van der Waals surface area contributed by atoms with Crippen molar-refractivity contribution in [3.63, 3.8) is 0 Å². The first-order chi connectivity index (χ1) is 9.58. The summed E-state index contributed by atoms with van der Waals surface area (Å²) in [5.41, 5.74) is 6.34. The fourth-order valence-corrected chi connectivity index (χ4v) is 3.14. The highest BCUT2D eigenvalue weighted by atomic mass is 35.5. The van der Waals surface area contributed by atoms with Crippen molar-refractivity contribution in [1.29, 1.82) is 0 Å². The summed E-state index contributed by atoms with van der Waals surface area (Å²) in [5, 5.41) is 0.377. The molecule has 5 nitrogen and oxygen atoms in total. The lowest BCUT2D eigenvalue weighted by molar-refractivity contribution is 0.353. The number of hydrogen-bond acceptors (Lipinski definition) is 3. The van der Waals surface area contributed by atoms with Crippen molar-refractivity contribution in [2.45, 2.75) is 38.1 Å². The van der Waals surface area contributed by atoms with Crippen LogP contribution in [0.1, 0.15) is 38.1 Å². The molecule has 0 atom stereocenters. The van der Waals surface area contributed by atoms with Crippen molar-refractivity contribution >= 4 is 28.3 Å². The first-order valence-corrected chi connectivity index (χ1v) is 7.19. The fraction of sp³-hybridized carbons (Fsp3) is 0.429. The molecule has 0 aliphatic heterocycles. The average Bonchev–Trinajstić information content (AvgIpc) is 2.44. The molecule has 3 N–H and O–H groups in total. The van der Waals surface area contributed by atoms with Gasteiger partial charge < -0.3 is 10.7 Å². The second kappa shape index (κ2) is 4.98. The second-order valence-corrected chi connectivity index (χ2v) is 5.72. The summed E-state index contributed by atoms with van der Waals surface area (Å²) in [7, 11) is 0. The lowest BCUT2D eigenvalue weighted by Crippen LogP contribution is -2.38. The first-order valence-electron chi connectivity index (χ1n) is 6.81. The molecule has 6 heteroatoms. The molecule has 1 aliphatic rings. The van der Waals surface area contributed by atoms with Gasteiger partial charge in [0.15, 0.2) is 0 Å². The molecule has 1 heterocycles. The number of aromatic amines is 1. The Balaban J connectivity index is 2.32. The smallest absolute Gasteiger partial charge is 0.316 e. The van der Waals surface area contributed by atoms with Crippen molar-refractivity contribution < 1.29 is 0 Å². The Morgan fingerprint density at radius 1 is 1.20 bits per heavy atom. The van der Waals surface area contributed by atoms with Crippen LogP contribution in [0.3, 0.4) is 0 Å². The van der Waals surface area contributed by atoms with E-state index in [-0.39, 0.29) is 6.04 Å². The number of anilines is 1. The standard InChI is InChI=1S/C14H16ClN3O2/c15-9-6-11-12(7-10(9)16)18(14(20)13(19)17-11)8-4-2-1-3-5-8/h6-8H,1-5,16H2,(H,17,19). The van der Waals surface area contributed by atoms with Gasteiger partial charge in [-0.3, -0.25) is 14.2 Å². The minimum absolute atomic E-state index is 0.0709. The van der Waals surface area contributed by atoms with Crippen molar-refractivity contribution in [2.24, 2.45) is 0 Å². The van der Waals surface area contributed by atoms with E-state index in [2.05, 4.69) is 4.98 Å². The third kappa shape index (κ3) is 2.12. The van der Waals surface area contributed by atoms with Crippen LogP contribution in [-0.2, 0) is 0 Å². The molecule has 1 aliphatic carbocycles. The van der Waals surface area contributed by atoms with Gasteiger partial charge in [0.2, 0.25) is 0 Å². The molecule has 1 aromatic heterocycles. The summed E-state index contributed by atoms with van der Waals surface area (Å²) in [6.45, 7) is 0. The minimum Gasteiger partial charge on any atom is -0.397 e. The van der Waals surface area contributed by atoms with Crippen LogP contribution in [0, 0.1) is 0 Å². The summed E-state index contributed by atoms with van der Waals surface area (Å²) in [5.74, 6) is 0. The molecule has 0 unspecified atom stereocenters. The highest BCUT2D eigenvalue weighted by Gasteiger charge is 2.20. The van der Waals surface area contributed by atoms with Gasteiger partial charge in [0.1, 0.15) is 0 Å². The number of hydrogen-bond donors (Lipinski definition) is 2. The molecule has 0 bridgehead atoms. The molecule has 1 fully saturated rings. The lowest BCUT2D eigenvalue weighted by Gasteiger charge is -2.25. The summed E-state index contributed by atoms with van der Waals surface area (Å²) in [4.78, 5) is 26.6. The molecule has 106 valence electrons. The molecule has 20 heavy (non-hydrogen) atoms. The zero-order chi connectivity index (χ0) is 14.3. The van der Waals surface area contributed by atoms with Gasteiger partial charge in [-0.2, -0.15) is 0 Å². The van der Waals surface area contributed by atoms with Crippen LogP contribution in [-0.4, -0.2) is 9.55 Å². The number of aromatic nitrogens is 2. The molecule has 3 rings (SSSR count). The predicted octanol–water partition coefficient (Wildman–Crippen LogP) is 2.43. The van der Waals surface area contributed by atoms with Gasteiger partial charge in [-0.15, -0.1) is 0 Å². The maximum absolute atomic E-state index is 12.2. The first kappa shape index (κ1) is 13.2. The van der Waals surface area contributed by atoms with Crippen molar-refractivity contribution in [3.05, 3.63) is 37.9 Å². The van der Waals surface area contributed by atoms with E-state index in [9.17, 15) is 9.59 Å². The van der Waals surface area contributed by atoms with Crippen molar-refractivity contribution in [1.82, 2.24) is 9.55 Å². The maximum atomic E-state index is 12.2. The summed E-state index contributed by atoms with van der Waals surface area (Å²) in [6, 6.07) is 3.34. The molecular formula is C14H16ClN3O2. The third-order valence-electron chi connectivity index (χ3n) is 3.98. The van der Waals surface area contributed by atoms with E-state index >= 15 is 0 Å². The Labute approximate surface area is 120 Å². The molecule has 0 amide bonds. The Bertz CT molecular complexity index is 772.